The van der Waals surface area contributed by atoms with Crippen molar-refractivity contribution in [3.8, 4) is 6.07 Å². The van der Waals surface area contributed by atoms with Crippen molar-refractivity contribution in [3.63, 3.8) is 0 Å². The van der Waals surface area contributed by atoms with Gasteiger partial charge >= 0.3 is 0 Å². The van der Waals surface area contributed by atoms with Gasteiger partial charge in [-0.25, -0.2) is 0 Å². The first-order valence-electron chi connectivity index (χ1n) is 7.27. The summed E-state index contributed by atoms with van der Waals surface area (Å²) in [4.78, 5) is 2.19. The molecule has 0 aliphatic heterocycles. The van der Waals surface area contributed by atoms with Gasteiger partial charge in [0.25, 0.3) is 0 Å². The molecule has 1 aliphatic carbocycles. The minimum absolute atomic E-state index is 0.122. The summed E-state index contributed by atoms with van der Waals surface area (Å²) in [6, 6.07) is 9.61. The number of aliphatic hydroxyl groups excluding tert-OH is 2. The van der Waals surface area contributed by atoms with E-state index >= 15 is 0 Å². The van der Waals surface area contributed by atoms with Gasteiger partial charge in [0.2, 0.25) is 0 Å². The van der Waals surface area contributed by atoms with Crippen molar-refractivity contribution in [2.24, 2.45) is 0 Å². The molecule has 1 atom stereocenters. The average molecular weight is 274 g/mol. The summed E-state index contributed by atoms with van der Waals surface area (Å²) in [7, 11) is 0. The van der Waals surface area contributed by atoms with Crippen LogP contribution < -0.4 is 0 Å². The van der Waals surface area contributed by atoms with Crippen LogP contribution in [0.25, 0.3) is 0 Å². The molecule has 4 nitrogen and oxygen atoms in total. The molecule has 1 aromatic carbocycles. The van der Waals surface area contributed by atoms with Gasteiger partial charge in [-0.15, -0.1) is 0 Å². The smallest absolute Gasteiger partial charge is 0.0991 e. The molecule has 0 heterocycles. The van der Waals surface area contributed by atoms with Crippen LogP contribution in [0, 0.1) is 11.3 Å². The van der Waals surface area contributed by atoms with Gasteiger partial charge in [0, 0.05) is 19.1 Å². The fourth-order valence-corrected chi connectivity index (χ4v) is 2.93. The highest BCUT2D eigenvalue weighted by Crippen LogP contribution is 2.25. The van der Waals surface area contributed by atoms with E-state index in [0.717, 1.165) is 18.4 Å². The maximum atomic E-state index is 10.3. The molecular formula is C16H22N2O2. The van der Waals surface area contributed by atoms with Gasteiger partial charge in [-0.2, -0.15) is 5.26 Å². The second-order valence-electron chi connectivity index (χ2n) is 5.41. The summed E-state index contributed by atoms with van der Waals surface area (Å²) >= 11 is 0. The van der Waals surface area contributed by atoms with Gasteiger partial charge < -0.3 is 10.2 Å². The molecule has 4 heteroatoms. The van der Waals surface area contributed by atoms with Gasteiger partial charge in [-0.05, 0) is 30.5 Å². The highest BCUT2D eigenvalue weighted by molar-refractivity contribution is 5.32. The van der Waals surface area contributed by atoms with E-state index in [2.05, 4.69) is 11.0 Å². The molecule has 2 N–H and O–H groups in total. The summed E-state index contributed by atoms with van der Waals surface area (Å²) in [5.74, 6) is 0. The molecule has 1 unspecified atom stereocenters. The molecule has 0 aromatic heterocycles. The summed E-state index contributed by atoms with van der Waals surface area (Å²) in [5, 5.41) is 28.3. The Morgan fingerprint density at radius 3 is 2.45 bits per heavy atom. The van der Waals surface area contributed by atoms with Crippen LogP contribution >= 0.6 is 0 Å². The topological polar surface area (TPSA) is 67.5 Å². The first kappa shape index (κ1) is 15.0. The quantitative estimate of drug-likeness (QED) is 0.830. The zero-order valence-corrected chi connectivity index (χ0v) is 11.7. The Morgan fingerprint density at radius 2 is 1.90 bits per heavy atom. The molecular weight excluding hydrogens is 252 g/mol. The van der Waals surface area contributed by atoms with E-state index in [0.29, 0.717) is 24.7 Å². The first-order chi connectivity index (χ1) is 9.74. The largest absolute Gasteiger partial charge is 0.395 e. The third kappa shape index (κ3) is 3.80. The van der Waals surface area contributed by atoms with Crippen LogP contribution in [0.1, 0.15) is 42.9 Å². The van der Waals surface area contributed by atoms with Crippen LogP contribution in [0.4, 0.5) is 0 Å². The Morgan fingerprint density at radius 1 is 1.25 bits per heavy atom. The molecule has 0 spiro atoms. The maximum Gasteiger partial charge on any atom is 0.0991 e. The van der Waals surface area contributed by atoms with Crippen molar-refractivity contribution in [2.45, 2.75) is 37.8 Å². The van der Waals surface area contributed by atoms with E-state index in [1.807, 2.05) is 0 Å². The Balaban J connectivity index is 1.99. The second-order valence-corrected chi connectivity index (χ2v) is 5.41. The number of nitrogens with zero attached hydrogens (tertiary/aromatic N) is 2. The minimum Gasteiger partial charge on any atom is -0.395 e. The van der Waals surface area contributed by atoms with Crippen LogP contribution in [0.5, 0.6) is 0 Å². The van der Waals surface area contributed by atoms with E-state index in [9.17, 15) is 10.2 Å². The lowest BCUT2D eigenvalue weighted by molar-refractivity contribution is 0.0742. The van der Waals surface area contributed by atoms with Crippen molar-refractivity contribution in [2.75, 3.05) is 19.7 Å². The number of aliphatic hydroxyl groups is 2. The van der Waals surface area contributed by atoms with Crippen LogP contribution in [0.3, 0.4) is 0 Å². The van der Waals surface area contributed by atoms with Crippen LogP contribution in [-0.2, 0) is 0 Å². The monoisotopic (exact) mass is 274 g/mol. The lowest BCUT2D eigenvalue weighted by Crippen LogP contribution is -2.38. The molecule has 20 heavy (non-hydrogen) atoms. The highest BCUT2D eigenvalue weighted by atomic mass is 16.3. The molecule has 0 bridgehead atoms. The fraction of sp³-hybridized carbons (Fsp3) is 0.562. The molecule has 1 saturated carbocycles. The fourth-order valence-electron chi connectivity index (χ4n) is 2.93. The van der Waals surface area contributed by atoms with E-state index in [1.54, 1.807) is 24.3 Å². The predicted molar refractivity (Wildman–Crippen MR) is 77.0 cm³/mol. The van der Waals surface area contributed by atoms with Gasteiger partial charge in [-0.1, -0.05) is 25.0 Å². The Bertz CT molecular complexity index is 447. The lowest BCUT2D eigenvalue weighted by atomic mass is 10.1. The van der Waals surface area contributed by atoms with Gasteiger partial charge in [0.1, 0.15) is 0 Å². The molecule has 0 amide bonds. The van der Waals surface area contributed by atoms with E-state index in [1.165, 1.54) is 12.8 Å². The second kappa shape index (κ2) is 7.39. The standard InChI is InChI=1S/C16H22N2O2/c17-11-13-5-7-14(8-6-13)16(20)12-18(9-10-19)15-3-1-2-4-15/h5-8,15-16,19-20H,1-4,9-10,12H2. The summed E-state index contributed by atoms with van der Waals surface area (Å²) in [5.41, 5.74) is 1.42. The number of hydrogen-bond acceptors (Lipinski definition) is 4. The van der Waals surface area contributed by atoms with Crippen molar-refractivity contribution >= 4 is 0 Å². The molecule has 1 aromatic rings. The van der Waals surface area contributed by atoms with Crippen molar-refractivity contribution < 1.29 is 10.2 Å². The van der Waals surface area contributed by atoms with Crippen molar-refractivity contribution in [1.29, 1.82) is 5.26 Å². The molecule has 108 valence electrons. The molecule has 0 saturated heterocycles. The third-order valence-electron chi connectivity index (χ3n) is 4.06. The normalized spacial score (nSPS) is 17.3. The van der Waals surface area contributed by atoms with Gasteiger partial charge in [0.15, 0.2) is 0 Å². The number of hydrogen-bond donors (Lipinski definition) is 2. The zero-order chi connectivity index (χ0) is 14.4. The molecule has 2 rings (SSSR count). The van der Waals surface area contributed by atoms with Crippen LogP contribution in [0.15, 0.2) is 24.3 Å². The number of rotatable bonds is 6. The predicted octanol–water partition coefficient (Wildman–Crippen LogP) is 1.83. The van der Waals surface area contributed by atoms with E-state index < -0.39 is 6.10 Å². The number of nitriles is 1. The highest BCUT2D eigenvalue weighted by Gasteiger charge is 2.24. The lowest BCUT2D eigenvalue weighted by Gasteiger charge is -2.30. The van der Waals surface area contributed by atoms with Crippen LogP contribution in [0.2, 0.25) is 0 Å². The summed E-state index contributed by atoms with van der Waals surface area (Å²) < 4.78 is 0. The third-order valence-corrected chi connectivity index (χ3v) is 4.06. The Hall–Kier alpha value is -1.41. The SMILES string of the molecule is N#Cc1ccc(C(O)CN(CCO)C2CCCC2)cc1. The van der Waals surface area contributed by atoms with E-state index in [4.69, 9.17) is 5.26 Å². The van der Waals surface area contributed by atoms with Gasteiger partial charge in [0.05, 0.1) is 24.3 Å². The van der Waals surface area contributed by atoms with Crippen molar-refractivity contribution in [1.82, 2.24) is 4.90 Å². The first-order valence-corrected chi connectivity index (χ1v) is 7.27. The van der Waals surface area contributed by atoms with Crippen LogP contribution in [-0.4, -0.2) is 40.9 Å². The summed E-state index contributed by atoms with van der Waals surface area (Å²) in [6.07, 6.45) is 4.20. The average Bonchev–Trinajstić information content (AvgIpc) is 3.01. The summed E-state index contributed by atoms with van der Waals surface area (Å²) in [6.45, 7) is 1.27. The van der Waals surface area contributed by atoms with Crippen molar-refractivity contribution in [3.05, 3.63) is 35.4 Å². The number of benzene rings is 1. The Labute approximate surface area is 120 Å². The Kier molecular flexibility index (Phi) is 5.54. The molecule has 1 aliphatic rings. The van der Waals surface area contributed by atoms with Gasteiger partial charge in [-0.3, -0.25) is 4.90 Å². The molecule has 0 radical (unpaired) electrons. The minimum atomic E-state index is -0.574. The molecule has 1 fully saturated rings. The maximum absolute atomic E-state index is 10.3. The van der Waals surface area contributed by atoms with E-state index in [-0.39, 0.29) is 6.61 Å². The zero-order valence-electron chi connectivity index (χ0n) is 11.7.